The smallest absolute Gasteiger partial charge is 0.368 e. The third-order valence-corrected chi connectivity index (χ3v) is 10.1. The maximum atomic E-state index is 13.2. The molecule has 0 saturated heterocycles. The molecule has 4 aromatic rings. The van der Waals surface area contributed by atoms with Crippen molar-refractivity contribution in [1.29, 1.82) is 0 Å². The molecule has 5 N–H and O–H groups in total. The maximum absolute atomic E-state index is 13.2. The molecule has 244 valence electrons. The summed E-state index contributed by atoms with van der Waals surface area (Å²) in [4.78, 5) is 16.9. The van der Waals surface area contributed by atoms with E-state index in [0.717, 1.165) is 30.7 Å². The molecule has 0 bridgehead atoms. The average molecular weight is 649 g/mol. The number of ether oxygens (including phenoxy) is 1. The predicted octanol–water partition coefficient (Wildman–Crippen LogP) is 3.19. The third-order valence-electron chi connectivity index (χ3n) is 8.73. The number of pyridine rings is 1. The number of aromatic nitrogens is 5. The molecule has 1 aliphatic heterocycles. The Bertz CT molecular complexity index is 1780. The number of nitrogens with one attached hydrogen (secondary N) is 2. The van der Waals surface area contributed by atoms with Gasteiger partial charge in [0.25, 0.3) is 10.0 Å². The number of hydrogen-bond acceptors (Lipinski definition) is 10. The highest BCUT2D eigenvalue weighted by Gasteiger charge is 2.22. The van der Waals surface area contributed by atoms with Crippen molar-refractivity contribution in [2.45, 2.75) is 75.0 Å². The number of anilines is 2. The Morgan fingerprint density at radius 2 is 1.85 bits per heavy atom. The molecule has 14 heteroatoms. The van der Waals surface area contributed by atoms with Gasteiger partial charge in [-0.1, -0.05) is 31.7 Å². The monoisotopic (exact) mass is 648 g/mol. The summed E-state index contributed by atoms with van der Waals surface area (Å²) < 4.78 is 37.7. The highest BCUT2D eigenvalue weighted by molar-refractivity contribution is 7.92. The number of aliphatic hydroxyl groups is 1. The molecule has 46 heavy (non-hydrogen) atoms. The lowest BCUT2D eigenvalue weighted by molar-refractivity contribution is 0.146. The summed E-state index contributed by atoms with van der Waals surface area (Å²) in [7, 11) is -3.88. The second-order valence-electron chi connectivity index (χ2n) is 12.1. The average Bonchev–Trinajstić information content (AvgIpc) is 3.71. The van der Waals surface area contributed by atoms with E-state index in [1.54, 1.807) is 48.7 Å². The van der Waals surface area contributed by atoms with Gasteiger partial charge in [0, 0.05) is 37.1 Å². The van der Waals surface area contributed by atoms with E-state index in [2.05, 4.69) is 25.4 Å². The number of nitrogens with zero attached hydrogens (tertiary/aromatic N) is 5. The van der Waals surface area contributed by atoms with Gasteiger partial charge in [-0.15, -0.1) is 0 Å². The van der Waals surface area contributed by atoms with E-state index in [0.29, 0.717) is 54.6 Å². The highest BCUT2D eigenvalue weighted by Crippen LogP contribution is 2.31. The Labute approximate surface area is 267 Å². The molecule has 1 aliphatic carbocycles. The Morgan fingerprint density at radius 3 is 2.61 bits per heavy atom. The molecule has 2 aromatic heterocycles. The van der Waals surface area contributed by atoms with Crippen molar-refractivity contribution >= 4 is 21.5 Å². The summed E-state index contributed by atoms with van der Waals surface area (Å²) >= 11 is 0. The lowest BCUT2D eigenvalue weighted by atomic mass is 10.0. The number of benzene rings is 2. The second kappa shape index (κ2) is 14.0. The molecule has 0 radical (unpaired) electrons. The summed E-state index contributed by atoms with van der Waals surface area (Å²) in [6.45, 7) is 1.41. The van der Waals surface area contributed by atoms with Crippen LogP contribution in [-0.2, 0) is 23.0 Å². The fraction of sp³-hybridized carbons (Fsp3) is 0.438. The standard InChI is InChI=1S/C32H40N8O5S/c33-31-16-8-24(19-35-31)29(41)21-34-20-27-12-7-23-18-25(9-15-30(23)45-27)36-46(43,44)28-13-10-26(11-14-28)40-32(42)39(37-38-40)17-3-6-22-4-1-2-5-22/h8-11,13-16,18-19,22,27,29,34,36,41H,1-7,12,17,20-21H2,(H2,33,35). The molecule has 2 aromatic carbocycles. The first-order chi connectivity index (χ1) is 22.2. The lowest BCUT2D eigenvalue weighted by Crippen LogP contribution is -2.36. The molecule has 2 atom stereocenters. The van der Waals surface area contributed by atoms with E-state index in [1.807, 2.05) is 0 Å². The molecule has 2 aliphatic rings. The number of nitrogen functional groups attached to an aromatic ring is 1. The topological polar surface area (TPSA) is 179 Å². The SMILES string of the molecule is Nc1ccc(C(O)CNCC2CCc3cc(NS(=O)(=O)c4ccc(-n5nnn(CCCC6CCCC6)c5=O)cc4)ccc3O2)cn1. The van der Waals surface area contributed by atoms with Crippen molar-refractivity contribution in [3.63, 3.8) is 0 Å². The van der Waals surface area contributed by atoms with Gasteiger partial charge in [-0.3, -0.25) is 4.72 Å². The van der Waals surface area contributed by atoms with E-state index in [4.69, 9.17) is 10.5 Å². The minimum absolute atomic E-state index is 0.0605. The molecule has 13 nitrogen and oxygen atoms in total. The minimum Gasteiger partial charge on any atom is -0.489 e. The van der Waals surface area contributed by atoms with Crippen molar-refractivity contribution in [3.8, 4) is 11.4 Å². The van der Waals surface area contributed by atoms with Gasteiger partial charge in [-0.25, -0.2) is 18.2 Å². The Hall–Kier alpha value is -4.27. The van der Waals surface area contributed by atoms with Crippen LogP contribution in [0, 0.1) is 5.92 Å². The van der Waals surface area contributed by atoms with Gasteiger partial charge in [0.15, 0.2) is 0 Å². The van der Waals surface area contributed by atoms with Crippen LogP contribution in [0.2, 0.25) is 0 Å². The zero-order valence-corrected chi connectivity index (χ0v) is 26.4. The zero-order valence-electron chi connectivity index (χ0n) is 25.6. The Morgan fingerprint density at radius 1 is 1.04 bits per heavy atom. The molecule has 1 fully saturated rings. The van der Waals surface area contributed by atoms with Gasteiger partial charge in [0.2, 0.25) is 0 Å². The first-order valence-corrected chi connectivity index (χ1v) is 17.3. The van der Waals surface area contributed by atoms with Crippen LogP contribution in [0.5, 0.6) is 5.75 Å². The first-order valence-electron chi connectivity index (χ1n) is 15.8. The van der Waals surface area contributed by atoms with Gasteiger partial charge in [0.1, 0.15) is 17.7 Å². The Kier molecular flexibility index (Phi) is 9.66. The quantitative estimate of drug-likeness (QED) is 0.168. The molecule has 0 spiro atoms. The van der Waals surface area contributed by atoms with Crippen LogP contribution in [0.15, 0.2) is 70.5 Å². The van der Waals surface area contributed by atoms with Crippen LogP contribution in [0.1, 0.15) is 62.2 Å². The fourth-order valence-corrected chi connectivity index (χ4v) is 7.20. The number of aliphatic hydroxyl groups excluding tert-OH is 1. The van der Waals surface area contributed by atoms with Gasteiger partial charge in [0.05, 0.1) is 16.7 Å². The van der Waals surface area contributed by atoms with Crippen LogP contribution in [0.4, 0.5) is 11.5 Å². The van der Waals surface area contributed by atoms with Gasteiger partial charge >= 0.3 is 5.69 Å². The number of fused-ring (bicyclic) bond motifs is 1. The first kappa shape index (κ1) is 31.7. The van der Waals surface area contributed by atoms with E-state index in [9.17, 15) is 18.3 Å². The van der Waals surface area contributed by atoms with Crippen LogP contribution < -0.4 is 26.2 Å². The van der Waals surface area contributed by atoms with Gasteiger partial charge in [-0.2, -0.15) is 9.36 Å². The van der Waals surface area contributed by atoms with Crippen molar-refractivity contribution < 1.29 is 18.3 Å². The molecule has 2 unspecified atom stereocenters. The second-order valence-corrected chi connectivity index (χ2v) is 13.8. The van der Waals surface area contributed by atoms with E-state index < -0.39 is 16.1 Å². The highest BCUT2D eigenvalue weighted by atomic mass is 32.2. The fourth-order valence-electron chi connectivity index (χ4n) is 6.15. The largest absolute Gasteiger partial charge is 0.489 e. The lowest BCUT2D eigenvalue weighted by Gasteiger charge is -2.27. The molecular formula is C32H40N8O5S. The molecule has 3 heterocycles. The van der Waals surface area contributed by atoms with Crippen molar-refractivity contribution in [1.82, 2.24) is 30.1 Å². The van der Waals surface area contributed by atoms with Crippen LogP contribution in [-0.4, -0.2) is 57.5 Å². The van der Waals surface area contributed by atoms with Gasteiger partial charge in [-0.05, 0) is 96.1 Å². The number of rotatable bonds is 13. The number of hydrogen-bond donors (Lipinski definition) is 4. The van der Waals surface area contributed by atoms with E-state index >= 15 is 0 Å². The van der Waals surface area contributed by atoms with Crippen LogP contribution in [0.3, 0.4) is 0 Å². The third kappa shape index (κ3) is 7.57. The normalized spacial score (nSPS) is 17.4. The van der Waals surface area contributed by atoms with Crippen LogP contribution >= 0.6 is 0 Å². The number of tetrazole rings is 1. The number of nitrogens with two attached hydrogens (primary N) is 1. The summed E-state index contributed by atoms with van der Waals surface area (Å²) in [5.74, 6) is 1.85. The summed E-state index contributed by atoms with van der Waals surface area (Å²) in [6, 6.07) is 14.6. The number of sulfonamides is 1. The molecule has 0 amide bonds. The Balaban J connectivity index is 1.01. The van der Waals surface area contributed by atoms with Crippen molar-refractivity contribution in [3.05, 3.63) is 82.4 Å². The van der Waals surface area contributed by atoms with Crippen molar-refractivity contribution in [2.75, 3.05) is 23.5 Å². The molecule has 1 saturated carbocycles. The van der Waals surface area contributed by atoms with Crippen LogP contribution in [0.25, 0.3) is 5.69 Å². The zero-order chi connectivity index (χ0) is 32.1. The van der Waals surface area contributed by atoms with Crippen molar-refractivity contribution in [2.24, 2.45) is 5.92 Å². The predicted molar refractivity (Wildman–Crippen MR) is 173 cm³/mol. The van der Waals surface area contributed by atoms with E-state index in [1.165, 1.54) is 47.2 Å². The molecular weight excluding hydrogens is 608 g/mol. The van der Waals surface area contributed by atoms with E-state index in [-0.39, 0.29) is 16.7 Å². The summed E-state index contributed by atoms with van der Waals surface area (Å²) in [5.41, 5.74) is 7.73. The number of aryl methyl sites for hydroxylation is 2. The summed E-state index contributed by atoms with van der Waals surface area (Å²) in [6.07, 6.45) is 9.31. The summed E-state index contributed by atoms with van der Waals surface area (Å²) in [5, 5.41) is 21.6. The van der Waals surface area contributed by atoms with Gasteiger partial charge < -0.3 is 20.9 Å². The minimum atomic E-state index is -3.88. The maximum Gasteiger partial charge on any atom is 0.368 e. The molecule has 6 rings (SSSR count).